The number of fused-ring (bicyclic) bond motifs is 1. The highest BCUT2D eigenvalue weighted by Crippen LogP contribution is 2.27. The molecule has 0 unspecified atom stereocenters. The van der Waals surface area contributed by atoms with Crippen molar-refractivity contribution in [2.45, 2.75) is 45.6 Å². The second-order valence-corrected chi connectivity index (χ2v) is 10.2. The number of carbonyl (C=O) groups excluding carboxylic acids is 1. The van der Waals surface area contributed by atoms with Gasteiger partial charge in [0.1, 0.15) is 11.2 Å². The molecule has 0 aliphatic carbocycles. The lowest BCUT2D eigenvalue weighted by Gasteiger charge is -2.38. The summed E-state index contributed by atoms with van der Waals surface area (Å²) in [6, 6.07) is 2.20. The molecule has 9 heteroatoms. The highest BCUT2D eigenvalue weighted by atomic mass is 79.9. The van der Waals surface area contributed by atoms with E-state index in [2.05, 4.69) is 49.6 Å². The normalized spacial score (nSPS) is 23.3. The third kappa shape index (κ3) is 5.39. The largest absolute Gasteiger partial charge is 0.444 e. The predicted molar refractivity (Wildman–Crippen MR) is 121 cm³/mol. The van der Waals surface area contributed by atoms with E-state index in [1.165, 1.54) is 5.56 Å². The maximum Gasteiger partial charge on any atom is 0.410 e. The molecule has 0 bridgehead atoms. The molecule has 0 radical (unpaired) electrons. The maximum atomic E-state index is 12.2. The Hall–Kier alpha value is -1.68. The average molecular weight is 495 g/mol. The number of amides is 1. The molecule has 170 valence electrons. The van der Waals surface area contributed by atoms with Crippen LogP contribution in [-0.4, -0.2) is 83.3 Å². The fourth-order valence-corrected chi connectivity index (χ4v) is 4.33. The first-order chi connectivity index (χ1) is 14.7. The van der Waals surface area contributed by atoms with Gasteiger partial charge in [0.2, 0.25) is 0 Å². The second kappa shape index (κ2) is 9.05. The zero-order valence-corrected chi connectivity index (χ0v) is 20.2. The average Bonchev–Trinajstić information content (AvgIpc) is 3.04. The lowest BCUT2D eigenvalue weighted by atomic mass is 10.2. The number of hydrogen-bond donors (Lipinski definition) is 0. The lowest BCUT2D eigenvalue weighted by molar-refractivity contribution is -0.204. The van der Waals surface area contributed by atoms with Crippen molar-refractivity contribution in [3.63, 3.8) is 0 Å². The van der Waals surface area contributed by atoms with Crippen LogP contribution in [-0.2, 0) is 14.2 Å². The van der Waals surface area contributed by atoms with Crippen molar-refractivity contribution in [3.8, 4) is 0 Å². The van der Waals surface area contributed by atoms with Gasteiger partial charge in [-0.15, -0.1) is 0 Å². The summed E-state index contributed by atoms with van der Waals surface area (Å²) < 4.78 is 20.7. The fraction of sp³-hybridized carbons (Fsp3) is 0.636. The molecule has 0 spiro atoms. The zero-order chi connectivity index (χ0) is 22.2. The first kappa shape index (κ1) is 22.5. The van der Waals surface area contributed by atoms with Crippen molar-refractivity contribution < 1.29 is 19.0 Å². The third-order valence-corrected chi connectivity index (χ3v) is 6.04. The van der Waals surface area contributed by atoms with Crippen LogP contribution in [0.2, 0.25) is 0 Å². The summed E-state index contributed by atoms with van der Waals surface area (Å²) in [6.45, 7) is 12.5. The Morgan fingerprint density at radius 1 is 1.23 bits per heavy atom. The molecule has 2 aromatic heterocycles. The third-order valence-electron chi connectivity index (χ3n) is 5.61. The number of ether oxygens (including phenoxy) is 3. The van der Waals surface area contributed by atoms with E-state index < -0.39 is 5.60 Å². The number of pyridine rings is 1. The molecule has 31 heavy (non-hydrogen) atoms. The highest BCUT2D eigenvalue weighted by Gasteiger charge is 2.30. The van der Waals surface area contributed by atoms with Crippen LogP contribution in [0.1, 0.15) is 32.4 Å². The van der Waals surface area contributed by atoms with Crippen molar-refractivity contribution in [1.82, 2.24) is 19.4 Å². The molecule has 2 saturated heterocycles. The number of piperazine rings is 1. The van der Waals surface area contributed by atoms with Gasteiger partial charge in [-0.3, -0.25) is 4.90 Å². The van der Waals surface area contributed by atoms with Crippen molar-refractivity contribution >= 4 is 33.1 Å². The van der Waals surface area contributed by atoms with Crippen LogP contribution in [0.25, 0.3) is 11.0 Å². The molecule has 4 heterocycles. The summed E-state index contributed by atoms with van der Waals surface area (Å²) in [4.78, 5) is 20.9. The Labute approximate surface area is 191 Å². The smallest absolute Gasteiger partial charge is 0.410 e. The van der Waals surface area contributed by atoms with E-state index in [1.807, 2.05) is 27.0 Å². The number of aryl methyl sites for hydroxylation is 1. The molecule has 2 aliphatic rings. The van der Waals surface area contributed by atoms with E-state index in [9.17, 15) is 4.79 Å². The van der Waals surface area contributed by atoms with E-state index in [0.717, 1.165) is 28.6 Å². The van der Waals surface area contributed by atoms with Crippen molar-refractivity contribution in [2.24, 2.45) is 0 Å². The van der Waals surface area contributed by atoms with Gasteiger partial charge in [0.15, 0.2) is 6.29 Å². The summed E-state index contributed by atoms with van der Waals surface area (Å²) in [5, 5.41) is 1.14. The van der Waals surface area contributed by atoms with Gasteiger partial charge in [-0.2, -0.15) is 0 Å². The van der Waals surface area contributed by atoms with E-state index in [4.69, 9.17) is 14.2 Å². The van der Waals surface area contributed by atoms with Gasteiger partial charge in [0, 0.05) is 55.0 Å². The Bertz CT molecular complexity index is 925. The van der Waals surface area contributed by atoms with Crippen LogP contribution in [0.15, 0.2) is 22.9 Å². The minimum atomic E-state index is -0.468. The maximum absolute atomic E-state index is 12.2. The summed E-state index contributed by atoms with van der Waals surface area (Å²) in [7, 11) is 0. The monoisotopic (exact) mass is 494 g/mol. The molecule has 0 saturated carbocycles. The SMILES string of the molecule is Cc1cn(C2COC(CN3CCN(C(=O)OC(C)(C)C)CC3)OC2)c2ncc(Br)cc12. The number of hydrogen-bond acceptors (Lipinski definition) is 6. The number of nitrogens with zero attached hydrogens (tertiary/aromatic N) is 4. The Balaban J connectivity index is 1.27. The van der Waals surface area contributed by atoms with Crippen LogP contribution in [0.3, 0.4) is 0 Å². The fourth-order valence-electron chi connectivity index (χ4n) is 4.00. The standard InChI is InChI=1S/C22H31BrN4O4/c1-15-11-27(20-18(15)9-16(23)10-24-20)17-13-29-19(30-14-17)12-25-5-7-26(8-6-25)21(28)31-22(2,3)4/h9-11,17,19H,5-8,12-14H2,1-4H3. The molecular weight excluding hydrogens is 464 g/mol. The van der Waals surface area contributed by atoms with Crippen LogP contribution in [0, 0.1) is 6.92 Å². The summed E-state index contributed by atoms with van der Waals surface area (Å²) in [6.07, 6.45) is 3.45. The quantitative estimate of drug-likeness (QED) is 0.649. The summed E-state index contributed by atoms with van der Waals surface area (Å²) in [5.41, 5.74) is 1.67. The molecule has 0 atom stereocenters. The van der Waals surface area contributed by atoms with Crippen molar-refractivity contribution in [1.29, 1.82) is 0 Å². The van der Waals surface area contributed by atoms with Gasteiger partial charge < -0.3 is 23.7 Å². The van der Waals surface area contributed by atoms with Crippen molar-refractivity contribution in [2.75, 3.05) is 45.9 Å². The van der Waals surface area contributed by atoms with Crippen LogP contribution < -0.4 is 0 Å². The first-order valence-electron chi connectivity index (χ1n) is 10.8. The first-order valence-corrected chi connectivity index (χ1v) is 11.5. The van der Waals surface area contributed by atoms with Gasteiger partial charge in [0.25, 0.3) is 0 Å². The molecule has 8 nitrogen and oxygen atoms in total. The molecular formula is C22H31BrN4O4. The topological polar surface area (TPSA) is 69.1 Å². The lowest BCUT2D eigenvalue weighted by Crippen LogP contribution is -2.52. The van der Waals surface area contributed by atoms with Gasteiger partial charge in [-0.1, -0.05) is 0 Å². The number of halogens is 1. The zero-order valence-electron chi connectivity index (χ0n) is 18.6. The number of aromatic nitrogens is 2. The highest BCUT2D eigenvalue weighted by molar-refractivity contribution is 9.10. The number of rotatable bonds is 3. The summed E-state index contributed by atoms with van der Waals surface area (Å²) in [5.74, 6) is 0. The Morgan fingerprint density at radius 2 is 1.90 bits per heavy atom. The molecule has 2 aromatic rings. The van der Waals surface area contributed by atoms with E-state index in [-0.39, 0.29) is 18.4 Å². The van der Waals surface area contributed by atoms with E-state index >= 15 is 0 Å². The minimum absolute atomic E-state index is 0.102. The second-order valence-electron chi connectivity index (χ2n) is 9.26. The van der Waals surface area contributed by atoms with Crippen LogP contribution in [0.5, 0.6) is 0 Å². The molecule has 0 aromatic carbocycles. The molecule has 1 amide bonds. The molecule has 0 N–H and O–H groups in total. The van der Waals surface area contributed by atoms with Crippen LogP contribution >= 0.6 is 15.9 Å². The molecule has 4 rings (SSSR count). The van der Waals surface area contributed by atoms with Gasteiger partial charge in [-0.25, -0.2) is 9.78 Å². The number of carbonyl (C=O) groups is 1. The van der Waals surface area contributed by atoms with Gasteiger partial charge >= 0.3 is 6.09 Å². The van der Waals surface area contributed by atoms with Crippen LogP contribution in [0.4, 0.5) is 4.79 Å². The minimum Gasteiger partial charge on any atom is -0.444 e. The van der Waals surface area contributed by atoms with E-state index in [0.29, 0.717) is 32.8 Å². The Morgan fingerprint density at radius 3 is 2.55 bits per heavy atom. The molecule has 2 fully saturated rings. The molecule has 2 aliphatic heterocycles. The van der Waals surface area contributed by atoms with E-state index in [1.54, 1.807) is 4.90 Å². The summed E-state index contributed by atoms with van der Waals surface area (Å²) >= 11 is 3.50. The van der Waals surface area contributed by atoms with Crippen molar-refractivity contribution in [3.05, 3.63) is 28.5 Å². The predicted octanol–water partition coefficient (Wildman–Crippen LogP) is 3.57. The van der Waals surface area contributed by atoms with Gasteiger partial charge in [0.05, 0.1) is 19.3 Å². The Kier molecular flexibility index (Phi) is 6.57. The van der Waals surface area contributed by atoms with Gasteiger partial charge in [-0.05, 0) is 55.3 Å².